The van der Waals surface area contributed by atoms with Crippen molar-refractivity contribution in [1.29, 1.82) is 0 Å². The lowest BCUT2D eigenvalue weighted by atomic mass is 10.2. The number of hydrogen-bond donors (Lipinski definition) is 1. The lowest BCUT2D eigenvalue weighted by molar-refractivity contribution is 0.0951. The fourth-order valence-corrected chi connectivity index (χ4v) is 2.21. The van der Waals surface area contributed by atoms with Gasteiger partial charge < -0.3 is 5.32 Å². The lowest BCUT2D eigenvalue weighted by Crippen LogP contribution is -2.22. The third-order valence-electron chi connectivity index (χ3n) is 2.14. The van der Waals surface area contributed by atoms with Gasteiger partial charge >= 0.3 is 0 Å². The fourth-order valence-electron chi connectivity index (χ4n) is 1.28. The van der Waals surface area contributed by atoms with Gasteiger partial charge in [0, 0.05) is 16.6 Å². The zero-order valence-corrected chi connectivity index (χ0v) is 10.8. The van der Waals surface area contributed by atoms with E-state index in [4.69, 9.17) is 0 Å². The molecule has 0 fully saturated rings. The van der Waals surface area contributed by atoms with E-state index >= 15 is 0 Å². The third kappa shape index (κ3) is 2.93. The maximum absolute atomic E-state index is 11.7. The monoisotopic (exact) mass is 295 g/mol. The smallest absolute Gasteiger partial charge is 0.251 e. The molecular weight excluding hydrogens is 286 g/mol. The predicted molar refractivity (Wildman–Crippen MR) is 69.6 cm³/mol. The normalized spacial score (nSPS) is 10.1. The molecular formula is C12H10BrNOS. The molecule has 0 saturated heterocycles. The van der Waals surface area contributed by atoms with E-state index in [2.05, 4.69) is 21.2 Å². The summed E-state index contributed by atoms with van der Waals surface area (Å²) < 4.78 is 0.974. The van der Waals surface area contributed by atoms with Gasteiger partial charge in [-0.2, -0.15) is 11.3 Å². The topological polar surface area (TPSA) is 29.1 Å². The van der Waals surface area contributed by atoms with Crippen LogP contribution in [0.4, 0.5) is 0 Å². The van der Waals surface area contributed by atoms with Gasteiger partial charge in [0.2, 0.25) is 0 Å². The van der Waals surface area contributed by atoms with Crippen molar-refractivity contribution in [2.45, 2.75) is 6.54 Å². The Labute approximate surface area is 106 Å². The largest absolute Gasteiger partial charge is 0.348 e. The molecule has 0 unspecified atom stereocenters. The van der Waals surface area contributed by atoms with Crippen LogP contribution in [0.3, 0.4) is 0 Å². The second-order valence-electron chi connectivity index (χ2n) is 3.32. The molecule has 1 heterocycles. The molecule has 0 atom stereocenters. The SMILES string of the molecule is O=C(NCc1ccsc1)c1ccc(Br)cc1. The van der Waals surface area contributed by atoms with Crippen molar-refractivity contribution in [3.63, 3.8) is 0 Å². The van der Waals surface area contributed by atoms with Crippen molar-refractivity contribution in [3.05, 3.63) is 56.7 Å². The summed E-state index contributed by atoms with van der Waals surface area (Å²) in [4.78, 5) is 11.7. The molecule has 2 aromatic rings. The molecule has 0 aliphatic heterocycles. The Hall–Kier alpha value is -1.13. The minimum absolute atomic E-state index is 0.0429. The van der Waals surface area contributed by atoms with Crippen LogP contribution in [-0.2, 0) is 6.54 Å². The summed E-state index contributed by atoms with van der Waals surface area (Å²) in [6.07, 6.45) is 0. The average Bonchev–Trinajstić information content (AvgIpc) is 2.80. The minimum atomic E-state index is -0.0429. The van der Waals surface area contributed by atoms with Crippen LogP contribution >= 0.6 is 27.3 Å². The number of hydrogen-bond acceptors (Lipinski definition) is 2. The first-order valence-electron chi connectivity index (χ1n) is 4.80. The third-order valence-corrected chi connectivity index (χ3v) is 3.40. The molecule has 16 heavy (non-hydrogen) atoms. The van der Waals surface area contributed by atoms with Crippen LogP contribution in [0, 0.1) is 0 Å². The van der Waals surface area contributed by atoms with Gasteiger partial charge in [-0.15, -0.1) is 0 Å². The summed E-state index contributed by atoms with van der Waals surface area (Å²) in [7, 11) is 0. The van der Waals surface area contributed by atoms with Crippen molar-refractivity contribution in [1.82, 2.24) is 5.32 Å². The van der Waals surface area contributed by atoms with Crippen LogP contribution in [0.2, 0.25) is 0 Å². The number of halogens is 1. The van der Waals surface area contributed by atoms with E-state index in [1.807, 2.05) is 29.0 Å². The lowest BCUT2D eigenvalue weighted by Gasteiger charge is -2.03. The van der Waals surface area contributed by atoms with E-state index in [9.17, 15) is 4.79 Å². The first-order chi connectivity index (χ1) is 7.75. The van der Waals surface area contributed by atoms with Crippen LogP contribution in [0.5, 0.6) is 0 Å². The number of benzene rings is 1. The van der Waals surface area contributed by atoms with Gasteiger partial charge in [0.05, 0.1) is 0 Å². The second-order valence-corrected chi connectivity index (χ2v) is 5.02. The molecule has 0 saturated carbocycles. The average molecular weight is 296 g/mol. The Morgan fingerprint density at radius 2 is 2.00 bits per heavy atom. The maximum Gasteiger partial charge on any atom is 0.251 e. The summed E-state index contributed by atoms with van der Waals surface area (Å²) in [6, 6.07) is 9.33. The maximum atomic E-state index is 11.7. The van der Waals surface area contributed by atoms with Crippen LogP contribution < -0.4 is 5.32 Å². The Bertz CT molecular complexity index is 464. The molecule has 0 aliphatic rings. The van der Waals surface area contributed by atoms with Gasteiger partial charge in [0.15, 0.2) is 0 Å². The van der Waals surface area contributed by atoms with Gasteiger partial charge in [-0.3, -0.25) is 4.79 Å². The highest BCUT2D eigenvalue weighted by Gasteiger charge is 2.04. The number of carbonyl (C=O) groups is 1. The molecule has 2 nitrogen and oxygen atoms in total. The zero-order chi connectivity index (χ0) is 11.4. The van der Waals surface area contributed by atoms with Gasteiger partial charge in [0.25, 0.3) is 5.91 Å². The summed E-state index contributed by atoms with van der Waals surface area (Å²) in [5.74, 6) is -0.0429. The highest BCUT2D eigenvalue weighted by Crippen LogP contribution is 2.11. The predicted octanol–water partition coefficient (Wildman–Crippen LogP) is 3.44. The Morgan fingerprint density at radius 1 is 1.25 bits per heavy atom. The second kappa shape index (κ2) is 5.27. The highest BCUT2D eigenvalue weighted by molar-refractivity contribution is 9.10. The molecule has 0 spiro atoms. The molecule has 82 valence electrons. The number of amides is 1. The summed E-state index contributed by atoms with van der Waals surface area (Å²) in [5.41, 5.74) is 1.81. The minimum Gasteiger partial charge on any atom is -0.348 e. The highest BCUT2D eigenvalue weighted by atomic mass is 79.9. The molecule has 4 heteroatoms. The van der Waals surface area contributed by atoms with Gasteiger partial charge in [-0.05, 0) is 46.7 Å². The Balaban J connectivity index is 1.95. The molecule has 0 aliphatic carbocycles. The van der Waals surface area contributed by atoms with E-state index in [0.29, 0.717) is 12.1 Å². The number of carbonyl (C=O) groups excluding carboxylic acids is 1. The summed E-state index contributed by atoms with van der Waals surface area (Å²) in [5, 5.41) is 6.90. The number of rotatable bonds is 3. The van der Waals surface area contributed by atoms with Crippen molar-refractivity contribution < 1.29 is 4.79 Å². The first-order valence-corrected chi connectivity index (χ1v) is 6.54. The van der Waals surface area contributed by atoms with E-state index in [0.717, 1.165) is 10.0 Å². The van der Waals surface area contributed by atoms with Gasteiger partial charge in [-0.1, -0.05) is 15.9 Å². The van der Waals surface area contributed by atoms with E-state index in [1.165, 1.54) is 0 Å². The zero-order valence-electron chi connectivity index (χ0n) is 8.44. The molecule has 1 amide bonds. The van der Waals surface area contributed by atoms with Crippen LogP contribution in [0.1, 0.15) is 15.9 Å². The molecule has 0 bridgehead atoms. The fraction of sp³-hybridized carbons (Fsp3) is 0.0833. The van der Waals surface area contributed by atoms with Gasteiger partial charge in [-0.25, -0.2) is 0 Å². The van der Waals surface area contributed by atoms with Crippen LogP contribution in [0.25, 0.3) is 0 Å². The van der Waals surface area contributed by atoms with E-state index in [-0.39, 0.29) is 5.91 Å². The molecule has 0 radical (unpaired) electrons. The molecule has 1 N–H and O–H groups in total. The van der Waals surface area contributed by atoms with Crippen molar-refractivity contribution in [3.8, 4) is 0 Å². The standard InChI is InChI=1S/C12H10BrNOS/c13-11-3-1-10(2-4-11)12(15)14-7-9-5-6-16-8-9/h1-6,8H,7H2,(H,14,15). The van der Waals surface area contributed by atoms with Gasteiger partial charge in [0.1, 0.15) is 0 Å². The summed E-state index contributed by atoms with van der Waals surface area (Å²) in [6.45, 7) is 0.582. The van der Waals surface area contributed by atoms with Crippen LogP contribution in [0.15, 0.2) is 45.6 Å². The number of thiophene rings is 1. The first kappa shape index (κ1) is 11.4. The van der Waals surface area contributed by atoms with Crippen molar-refractivity contribution >= 4 is 33.2 Å². The molecule has 1 aromatic heterocycles. The summed E-state index contributed by atoms with van der Waals surface area (Å²) >= 11 is 4.97. The molecule has 2 rings (SSSR count). The van der Waals surface area contributed by atoms with Crippen LogP contribution in [-0.4, -0.2) is 5.91 Å². The quantitative estimate of drug-likeness (QED) is 0.923. The van der Waals surface area contributed by atoms with Crippen molar-refractivity contribution in [2.75, 3.05) is 0 Å². The molecule has 1 aromatic carbocycles. The van der Waals surface area contributed by atoms with Crippen molar-refractivity contribution in [2.24, 2.45) is 0 Å². The van der Waals surface area contributed by atoms with E-state index in [1.54, 1.807) is 23.5 Å². The van der Waals surface area contributed by atoms with E-state index < -0.39 is 0 Å². The Kier molecular flexibility index (Phi) is 3.74. The number of nitrogens with one attached hydrogen (secondary N) is 1. The Morgan fingerprint density at radius 3 is 2.62 bits per heavy atom.